The van der Waals surface area contributed by atoms with E-state index in [2.05, 4.69) is 81.8 Å². The second-order valence-corrected chi connectivity index (χ2v) is 13.8. The average Bonchev–Trinajstić information content (AvgIpc) is 3.39. The van der Waals surface area contributed by atoms with Gasteiger partial charge in [0.15, 0.2) is 0 Å². The molecular formula is C39H49IN2O5. The summed E-state index contributed by atoms with van der Waals surface area (Å²) in [6, 6.07) is 24.3. The predicted octanol–water partition coefficient (Wildman–Crippen LogP) is 9.01. The number of unbranched alkanes of at least 4 members (excludes halogenated alkanes) is 9. The van der Waals surface area contributed by atoms with Crippen LogP contribution < -0.4 is 10.6 Å². The fourth-order valence-corrected chi connectivity index (χ4v) is 6.70. The Hall–Kier alpha value is -3.40. The van der Waals surface area contributed by atoms with E-state index in [1.807, 2.05) is 24.3 Å². The van der Waals surface area contributed by atoms with Gasteiger partial charge in [0.25, 0.3) is 0 Å². The zero-order valence-corrected chi connectivity index (χ0v) is 29.5. The van der Waals surface area contributed by atoms with Crippen LogP contribution in [0, 0.1) is 3.57 Å². The van der Waals surface area contributed by atoms with E-state index in [1.165, 1.54) is 58.8 Å². The van der Waals surface area contributed by atoms with Crippen molar-refractivity contribution in [3.63, 3.8) is 0 Å². The van der Waals surface area contributed by atoms with Gasteiger partial charge in [0.1, 0.15) is 12.6 Å². The molecule has 0 saturated heterocycles. The summed E-state index contributed by atoms with van der Waals surface area (Å²) in [6.45, 7) is 0.631. The summed E-state index contributed by atoms with van der Waals surface area (Å²) in [5, 5.41) is 15.0. The lowest BCUT2D eigenvalue weighted by atomic mass is 9.98. The van der Waals surface area contributed by atoms with Gasteiger partial charge in [0, 0.05) is 22.5 Å². The number of carboxylic acids is 1. The van der Waals surface area contributed by atoms with Gasteiger partial charge in [-0.25, -0.2) is 9.59 Å². The molecular weight excluding hydrogens is 703 g/mol. The van der Waals surface area contributed by atoms with Crippen molar-refractivity contribution in [2.24, 2.45) is 0 Å². The number of aliphatic carboxylic acids is 1. The number of nitrogens with one attached hydrogen (secondary N) is 2. The van der Waals surface area contributed by atoms with Gasteiger partial charge < -0.3 is 20.5 Å². The van der Waals surface area contributed by atoms with Crippen LogP contribution >= 0.6 is 22.6 Å². The normalized spacial score (nSPS) is 12.6. The fraction of sp³-hybridized carbons (Fsp3) is 0.462. The van der Waals surface area contributed by atoms with E-state index >= 15 is 0 Å². The maximum atomic E-state index is 12.4. The number of benzene rings is 3. The molecule has 2 amide bonds. The van der Waals surface area contributed by atoms with E-state index in [-0.39, 0.29) is 18.4 Å². The molecule has 3 aromatic carbocycles. The second kappa shape index (κ2) is 20.1. The highest BCUT2D eigenvalue weighted by Gasteiger charge is 2.29. The molecule has 0 aromatic heterocycles. The highest BCUT2D eigenvalue weighted by atomic mass is 127. The number of alkyl carbamates (subject to hydrolysis) is 1. The van der Waals surface area contributed by atoms with Crippen LogP contribution in [0.3, 0.4) is 0 Å². The first-order chi connectivity index (χ1) is 22.9. The average molecular weight is 753 g/mol. The molecule has 0 unspecified atom stereocenters. The summed E-state index contributed by atoms with van der Waals surface area (Å²) in [5.74, 6) is -1.23. The van der Waals surface area contributed by atoms with Gasteiger partial charge >= 0.3 is 12.1 Å². The quantitative estimate of drug-likeness (QED) is 0.0745. The molecule has 0 heterocycles. The SMILES string of the molecule is O=C(CCCCCCCCCCCc1ccc(I)cc1)N[C@@H](CCCCNC(=O)OCC1c2ccccc2-c2ccccc21)C(=O)O. The van der Waals surface area contributed by atoms with Gasteiger partial charge in [-0.2, -0.15) is 0 Å². The van der Waals surface area contributed by atoms with Gasteiger partial charge in [-0.1, -0.05) is 106 Å². The summed E-state index contributed by atoms with van der Waals surface area (Å²) in [4.78, 5) is 36.5. The first-order valence-corrected chi connectivity index (χ1v) is 18.4. The summed E-state index contributed by atoms with van der Waals surface area (Å²) in [5.41, 5.74) is 6.10. The van der Waals surface area contributed by atoms with E-state index < -0.39 is 18.1 Å². The summed E-state index contributed by atoms with van der Waals surface area (Å²) >= 11 is 2.34. The molecule has 47 heavy (non-hydrogen) atoms. The number of hydrogen-bond donors (Lipinski definition) is 3. The molecule has 1 atom stereocenters. The van der Waals surface area contributed by atoms with Crippen molar-refractivity contribution in [3.05, 3.63) is 93.1 Å². The Morgan fingerprint density at radius 1 is 0.723 bits per heavy atom. The number of rotatable bonds is 21. The van der Waals surface area contributed by atoms with Crippen LogP contribution in [0.4, 0.5) is 4.79 Å². The third kappa shape index (κ3) is 12.3. The maximum Gasteiger partial charge on any atom is 0.407 e. The van der Waals surface area contributed by atoms with E-state index in [0.717, 1.165) is 36.8 Å². The van der Waals surface area contributed by atoms with Crippen LogP contribution in [-0.4, -0.2) is 42.3 Å². The smallest absolute Gasteiger partial charge is 0.407 e. The number of aryl methyl sites for hydroxylation is 1. The number of carbonyl (C=O) groups is 3. The Morgan fingerprint density at radius 2 is 1.30 bits per heavy atom. The van der Waals surface area contributed by atoms with E-state index in [0.29, 0.717) is 32.2 Å². The van der Waals surface area contributed by atoms with E-state index in [4.69, 9.17) is 4.74 Å². The molecule has 8 heteroatoms. The first-order valence-electron chi connectivity index (χ1n) is 17.3. The summed E-state index contributed by atoms with van der Waals surface area (Å²) < 4.78 is 6.84. The monoisotopic (exact) mass is 752 g/mol. The Labute approximate surface area is 293 Å². The molecule has 252 valence electrons. The lowest BCUT2D eigenvalue weighted by Gasteiger charge is -2.15. The summed E-state index contributed by atoms with van der Waals surface area (Å²) in [7, 11) is 0. The minimum Gasteiger partial charge on any atom is -0.480 e. The number of ether oxygens (including phenoxy) is 1. The number of halogens is 1. The molecule has 0 radical (unpaired) electrons. The number of carboxylic acid groups (broad SMARTS) is 1. The molecule has 0 bridgehead atoms. The minimum atomic E-state index is -1.03. The Morgan fingerprint density at radius 3 is 1.91 bits per heavy atom. The fourth-order valence-electron chi connectivity index (χ4n) is 6.34. The van der Waals surface area contributed by atoms with Gasteiger partial charge in [-0.05, 0) is 101 Å². The Balaban J connectivity index is 0.990. The molecule has 0 saturated carbocycles. The zero-order chi connectivity index (χ0) is 33.3. The Kier molecular flexibility index (Phi) is 15.6. The molecule has 3 aromatic rings. The van der Waals surface area contributed by atoms with Crippen molar-refractivity contribution in [3.8, 4) is 11.1 Å². The van der Waals surface area contributed by atoms with Crippen molar-refractivity contribution in [2.75, 3.05) is 13.2 Å². The van der Waals surface area contributed by atoms with Crippen molar-refractivity contribution in [1.29, 1.82) is 0 Å². The second-order valence-electron chi connectivity index (χ2n) is 12.5. The van der Waals surface area contributed by atoms with E-state index in [1.54, 1.807) is 0 Å². The van der Waals surface area contributed by atoms with Crippen LogP contribution in [0.15, 0.2) is 72.8 Å². The number of fused-ring (bicyclic) bond motifs is 3. The third-order valence-electron chi connectivity index (χ3n) is 8.95. The van der Waals surface area contributed by atoms with E-state index in [9.17, 15) is 19.5 Å². The number of hydrogen-bond acceptors (Lipinski definition) is 4. The molecule has 7 nitrogen and oxygen atoms in total. The van der Waals surface area contributed by atoms with Gasteiger partial charge in [-0.15, -0.1) is 0 Å². The predicted molar refractivity (Wildman–Crippen MR) is 196 cm³/mol. The van der Waals surface area contributed by atoms with Crippen LogP contribution in [0.25, 0.3) is 11.1 Å². The van der Waals surface area contributed by atoms with Gasteiger partial charge in [0.05, 0.1) is 0 Å². The van der Waals surface area contributed by atoms with Crippen molar-refractivity contribution in [2.45, 2.75) is 102 Å². The van der Waals surface area contributed by atoms with Crippen molar-refractivity contribution in [1.82, 2.24) is 10.6 Å². The van der Waals surface area contributed by atoms with Crippen molar-refractivity contribution < 1.29 is 24.2 Å². The van der Waals surface area contributed by atoms with Crippen LogP contribution in [0.1, 0.15) is 106 Å². The zero-order valence-electron chi connectivity index (χ0n) is 27.4. The highest BCUT2D eigenvalue weighted by Crippen LogP contribution is 2.44. The van der Waals surface area contributed by atoms with Crippen molar-refractivity contribution >= 4 is 40.6 Å². The lowest BCUT2D eigenvalue weighted by Crippen LogP contribution is -2.40. The molecule has 0 fully saturated rings. The summed E-state index contributed by atoms with van der Waals surface area (Å²) in [6.07, 6.45) is 12.8. The van der Waals surface area contributed by atoms with Crippen LogP contribution in [0.5, 0.6) is 0 Å². The number of amides is 2. The van der Waals surface area contributed by atoms with Crippen LogP contribution in [-0.2, 0) is 20.7 Å². The molecule has 1 aliphatic carbocycles. The molecule has 1 aliphatic rings. The topological polar surface area (TPSA) is 105 Å². The van der Waals surface area contributed by atoms with Gasteiger partial charge in [-0.3, -0.25) is 4.79 Å². The molecule has 4 rings (SSSR count). The highest BCUT2D eigenvalue weighted by molar-refractivity contribution is 14.1. The molecule has 0 spiro atoms. The standard InChI is InChI=1S/C39H49IN2O5/c40-30-25-23-29(24-26-30)16-8-6-4-2-1-3-5-7-9-22-37(43)42-36(38(44)45)21-14-15-27-41-39(46)47-28-35-33-19-12-10-17-31(33)32-18-11-13-20-34(32)35/h10-13,17-20,23-26,35-36H,1-9,14-16,21-22,27-28H2,(H,41,46)(H,42,43)(H,44,45)/t36-/m0/s1. The lowest BCUT2D eigenvalue weighted by molar-refractivity contribution is -0.142. The Bertz CT molecular complexity index is 1380. The van der Waals surface area contributed by atoms with Crippen LogP contribution in [0.2, 0.25) is 0 Å². The molecule has 0 aliphatic heterocycles. The molecule has 3 N–H and O–H groups in total. The van der Waals surface area contributed by atoms with Gasteiger partial charge in [0.2, 0.25) is 5.91 Å². The minimum absolute atomic E-state index is 0.00280. The largest absolute Gasteiger partial charge is 0.480 e. The third-order valence-corrected chi connectivity index (χ3v) is 9.67. The number of carbonyl (C=O) groups excluding carboxylic acids is 2. The maximum absolute atomic E-state index is 12.4. The first kappa shape index (κ1) is 36.4.